The number of anilines is 2. The van der Waals surface area contributed by atoms with Crippen LogP contribution in [0.25, 0.3) is 32.6 Å². The van der Waals surface area contributed by atoms with E-state index in [9.17, 15) is 42.3 Å². The smallest absolute Gasteiger partial charge is 0.406 e. The first kappa shape index (κ1) is 52.9. The molecule has 5 amide bonds. The Hall–Kier alpha value is -7.39. The second-order valence-electron chi connectivity index (χ2n) is 19.8. The molecule has 5 heterocycles. The Morgan fingerprint density at radius 3 is 2.41 bits per heavy atom. The van der Waals surface area contributed by atoms with E-state index in [1.807, 2.05) is 67.1 Å². The number of aliphatic hydroxyl groups is 1. The van der Waals surface area contributed by atoms with Crippen molar-refractivity contribution >= 4 is 63.4 Å². The Morgan fingerprint density at radius 1 is 0.946 bits per heavy atom. The molecule has 6 N–H and O–H groups in total. The van der Waals surface area contributed by atoms with Gasteiger partial charge >= 0.3 is 6.36 Å². The van der Waals surface area contributed by atoms with Crippen molar-refractivity contribution in [3.05, 3.63) is 107 Å². The molecule has 21 heteroatoms. The predicted molar refractivity (Wildman–Crippen MR) is 273 cm³/mol. The maximum Gasteiger partial charge on any atom is 0.573 e. The summed E-state index contributed by atoms with van der Waals surface area (Å²) in [7, 11) is 0. The van der Waals surface area contributed by atoms with Gasteiger partial charge in [-0.3, -0.25) is 24.0 Å². The largest absolute Gasteiger partial charge is 0.573 e. The van der Waals surface area contributed by atoms with Crippen LogP contribution in [-0.2, 0) is 43.4 Å². The van der Waals surface area contributed by atoms with Crippen molar-refractivity contribution in [2.75, 3.05) is 30.3 Å². The summed E-state index contributed by atoms with van der Waals surface area (Å²) in [5, 5.41) is 20.0. The molecule has 390 valence electrons. The number of aliphatic hydroxyl groups excluding tert-OH is 1. The van der Waals surface area contributed by atoms with Crippen LogP contribution in [0.5, 0.6) is 5.75 Å². The second-order valence-corrected chi connectivity index (χ2v) is 20.6. The van der Waals surface area contributed by atoms with Crippen molar-refractivity contribution < 1.29 is 47.0 Å². The molecule has 2 aliphatic rings. The maximum absolute atomic E-state index is 14.2. The number of benzene rings is 3. The zero-order valence-electron chi connectivity index (χ0n) is 41.7. The standard InChI is InChI=1S/C53H59F3N10O7S/c1-30(33-10-12-34(13-11-33)46-31(2)61-29-74-46)62-50(71)41-25-37(67)26-66(41)51(72)47(52(3,4)5)63-43(69)17-16-42(68)58-19-7-20-64-27-39(45-48(57)59-28-60-49(45)64)35-14-15-40-36(24-35)18-21-65(40)44(70)23-32-8-6-9-38(22-32)73-53(54,55)56/h6,8-15,22,24,27-30,37,41,47,67H,7,16-21,23,25-26H2,1-5H3,(H,58,68)(H,62,71)(H,63,69)(H2,57,59,60)/t30-,37+,41-,47+/m0/s1. The highest BCUT2D eigenvalue weighted by Crippen LogP contribution is 2.38. The Labute approximate surface area is 429 Å². The van der Waals surface area contributed by atoms with Crippen molar-refractivity contribution in [3.8, 4) is 27.3 Å². The number of hydrogen-bond acceptors (Lipinski definition) is 12. The molecule has 0 saturated carbocycles. The number of alkyl halides is 3. The lowest BCUT2D eigenvalue weighted by Crippen LogP contribution is -2.57. The third-order valence-corrected chi connectivity index (χ3v) is 14.3. The van der Waals surface area contributed by atoms with Gasteiger partial charge in [-0.05, 0) is 84.2 Å². The summed E-state index contributed by atoms with van der Waals surface area (Å²) < 4.78 is 44.3. The van der Waals surface area contributed by atoms with Gasteiger partial charge in [0.25, 0.3) is 0 Å². The second kappa shape index (κ2) is 22.0. The molecule has 0 bridgehead atoms. The number of nitrogens with one attached hydrogen (secondary N) is 3. The summed E-state index contributed by atoms with van der Waals surface area (Å²) in [6.45, 7) is 10.2. The third-order valence-electron chi connectivity index (χ3n) is 13.3. The van der Waals surface area contributed by atoms with E-state index in [0.717, 1.165) is 38.4 Å². The fraction of sp³-hybridized carbons (Fsp3) is 0.396. The average molecular weight is 1040 g/mol. The molecule has 3 aromatic carbocycles. The lowest BCUT2D eigenvalue weighted by molar-refractivity contribution is -0.274. The molecule has 1 fully saturated rings. The highest BCUT2D eigenvalue weighted by atomic mass is 32.1. The maximum atomic E-state index is 14.2. The van der Waals surface area contributed by atoms with Crippen LogP contribution in [0, 0.1) is 12.3 Å². The van der Waals surface area contributed by atoms with E-state index < -0.39 is 59.5 Å². The van der Waals surface area contributed by atoms with Gasteiger partial charge in [0.1, 0.15) is 35.6 Å². The molecule has 4 atom stereocenters. The predicted octanol–water partition coefficient (Wildman–Crippen LogP) is 6.80. The monoisotopic (exact) mass is 1040 g/mol. The lowest BCUT2D eigenvalue weighted by Gasteiger charge is -2.35. The zero-order valence-corrected chi connectivity index (χ0v) is 42.5. The molecule has 3 aromatic heterocycles. The number of β-amino-alcohol motifs (C(OH)–C–C–N with tert-alkyl or cyclic N) is 1. The summed E-state index contributed by atoms with van der Waals surface area (Å²) in [5.74, 6) is -2.19. The topological polar surface area (TPSA) is 227 Å². The molecule has 6 aromatic rings. The number of halogens is 3. The first-order valence-electron chi connectivity index (χ1n) is 24.4. The SMILES string of the molecule is Cc1ncsc1-c1ccc([C@H](C)NC(=O)[C@@H]2C[C@@H](O)CN2C(=O)[C@@H](NC(=O)CCC(=O)NCCCn2cc(-c3ccc4c(c3)CCN4C(=O)Cc3cccc(OC(F)(F)F)c3)c3c(N)ncnc32)C(C)(C)C)cc1. The Balaban J connectivity index is 0.827. The zero-order chi connectivity index (χ0) is 53.1. The molecule has 0 radical (unpaired) electrons. The third kappa shape index (κ3) is 12.3. The number of aromatic nitrogens is 4. The lowest BCUT2D eigenvalue weighted by atomic mass is 9.85. The fourth-order valence-electron chi connectivity index (χ4n) is 9.53. The van der Waals surface area contributed by atoms with Crippen molar-refractivity contribution in [2.24, 2.45) is 5.41 Å². The van der Waals surface area contributed by atoms with Crippen molar-refractivity contribution in [3.63, 3.8) is 0 Å². The van der Waals surface area contributed by atoms with Gasteiger partial charge in [-0.25, -0.2) is 15.0 Å². The van der Waals surface area contributed by atoms with E-state index in [1.54, 1.807) is 48.6 Å². The first-order chi connectivity index (χ1) is 35.1. The highest BCUT2D eigenvalue weighted by Gasteiger charge is 2.45. The minimum atomic E-state index is -4.85. The minimum Gasteiger partial charge on any atom is -0.406 e. The summed E-state index contributed by atoms with van der Waals surface area (Å²) in [6.07, 6.45) is -1.85. The number of rotatable bonds is 17. The van der Waals surface area contributed by atoms with Crippen LogP contribution in [0.4, 0.5) is 24.7 Å². The number of hydrogen-bond donors (Lipinski definition) is 5. The molecule has 0 aliphatic carbocycles. The van der Waals surface area contributed by atoms with Crippen LogP contribution in [0.1, 0.15) is 81.8 Å². The summed E-state index contributed by atoms with van der Waals surface area (Å²) >= 11 is 1.55. The van der Waals surface area contributed by atoms with Gasteiger partial charge in [-0.1, -0.05) is 63.2 Å². The highest BCUT2D eigenvalue weighted by molar-refractivity contribution is 7.13. The number of amides is 5. The number of thiazole rings is 1. The van der Waals surface area contributed by atoms with E-state index in [0.29, 0.717) is 48.2 Å². The average Bonchev–Trinajstić information content (AvgIpc) is 4.16. The Bertz CT molecular complexity index is 3060. The number of carbonyl (C=O) groups excluding carboxylic acids is 5. The van der Waals surface area contributed by atoms with Crippen LogP contribution in [0.15, 0.2) is 84.8 Å². The van der Waals surface area contributed by atoms with Gasteiger partial charge in [-0.15, -0.1) is 24.5 Å². The minimum absolute atomic E-state index is 0.0422. The van der Waals surface area contributed by atoms with Crippen LogP contribution in [0.2, 0.25) is 0 Å². The van der Waals surface area contributed by atoms with Crippen LogP contribution < -0.4 is 31.3 Å². The fourth-order valence-corrected chi connectivity index (χ4v) is 10.3. The Kier molecular flexibility index (Phi) is 15.7. The van der Waals surface area contributed by atoms with Crippen LogP contribution >= 0.6 is 11.3 Å². The summed E-state index contributed by atoms with van der Waals surface area (Å²) in [6, 6.07) is 16.5. The number of ether oxygens (including phenoxy) is 1. The molecule has 74 heavy (non-hydrogen) atoms. The number of nitrogens with zero attached hydrogens (tertiary/aromatic N) is 6. The molecule has 2 aliphatic heterocycles. The molecule has 1 saturated heterocycles. The molecule has 17 nitrogen and oxygen atoms in total. The molecular weight excluding hydrogens is 978 g/mol. The first-order valence-corrected chi connectivity index (χ1v) is 25.2. The number of nitrogen functional groups attached to an aromatic ring is 1. The van der Waals surface area contributed by atoms with E-state index in [1.165, 1.54) is 29.4 Å². The van der Waals surface area contributed by atoms with Crippen molar-refractivity contribution in [1.82, 2.24) is 40.4 Å². The molecular formula is C53H59F3N10O7S. The van der Waals surface area contributed by atoms with E-state index in [2.05, 4.69) is 35.6 Å². The van der Waals surface area contributed by atoms with Crippen LogP contribution in [0.3, 0.4) is 0 Å². The van der Waals surface area contributed by atoms with E-state index in [-0.39, 0.29) is 56.4 Å². The number of fused-ring (bicyclic) bond motifs is 2. The van der Waals surface area contributed by atoms with E-state index >= 15 is 0 Å². The molecule has 0 unspecified atom stereocenters. The quantitative estimate of drug-likeness (QED) is 0.0597. The Morgan fingerprint density at radius 2 is 1.69 bits per heavy atom. The summed E-state index contributed by atoms with van der Waals surface area (Å²) in [4.78, 5) is 84.7. The van der Waals surface area contributed by atoms with Gasteiger partial charge in [0.05, 0.1) is 40.0 Å². The van der Waals surface area contributed by atoms with Crippen LogP contribution in [-0.4, -0.2) is 103 Å². The number of aryl methyl sites for hydroxylation is 2. The van der Waals surface area contributed by atoms with Gasteiger partial charge < -0.3 is 45.9 Å². The van der Waals surface area contributed by atoms with Gasteiger partial charge in [0.2, 0.25) is 29.5 Å². The number of likely N-dealkylation sites (tertiary alicyclic amines) is 1. The number of carbonyl (C=O) groups is 5. The van der Waals surface area contributed by atoms with Gasteiger partial charge in [0.15, 0.2) is 0 Å². The number of nitrogens with two attached hydrogens (primary N) is 1. The molecule has 0 spiro atoms. The summed E-state index contributed by atoms with van der Waals surface area (Å²) in [5.41, 5.74) is 14.4. The van der Waals surface area contributed by atoms with Gasteiger partial charge in [0, 0.05) is 62.9 Å². The van der Waals surface area contributed by atoms with Gasteiger partial charge in [-0.2, -0.15) is 0 Å². The normalized spacial score (nSPS) is 16.4. The van der Waals surface area contributed by atoms with E-state index in [4.69, 9.17) is 5.73 Å². The van der Waals surface area contributed by atoms with Crippen molar-refractivity contribution in [1.29, 1.82) is 0 Å². The molecule has 8 rings (SSSR count). The van der Waals surface area contributed by atoms with Crippen molar-refractivity contribution in [2.45, 2.75) is 110 Å².